The lowest BCUT2D eigenvalue weighted by Crippen LogP contribution is -2.07. The van der Waals surface area contributed by atoms with Gasteiger partial charge in [0.2, 0.25) is 0 Å². The number of aliphatic hydroxyl groups excluding tert-OH is 2. The highest BCUT2D eigenvalue weighted by molar-refractivity contribution is 6.00. The number of carbonyl (C=O) groups is 2. The molecule has 0 amide bonds. The Morgan fingerprint density at radius 2 is 2.13 bits per heavy atom. The molecule has 2 N–H and O–H groups in total. The Hall–Kier alpha value is -1.46. The number of ether oxygens (including phenoxy) is 1. The fraction of sp³-hybridized carbons (Fsp3) is 0.667. The number of hydrogen-bond donors (Lipinski definition) is 2. The average molecular weight is 324 g/mol. The van der Waals surface area contributed by atoms with Gasteiger partial charge in [-0.15, -0.1) is 0 Å². The van der Waals surface area contributed by atoms with E-state index in [4.69, 9.17) is 4.74 Å². The summed E-state index contributed by atoms with van der Waals surface area (Å²) in [4.78, 5) is 23.4. The third-order valence-corrected chi connectivity index (χ3v) is 3.91. The molecule has 1 rings (SSSR count). The predicted octanol–water partition coefficient (Wildman–Crippen LogP) is 2.46. The Labute approximate surface area is 138 Å². The summed E-state index contributed by atoms with van der Waals surface area (Å²) in [5.41, 5.74) is 0.997. The molecule has 0 fully saturated rings. The Balaban J connectivity index is 2.68. The molecule has 0 aromatic rings. The van der Waals surface area contributed by atoms with Crippen molar-refractivity contribution >= 4 is 11.8 Å². The van der Waals surface area contributed by atoms with Gasteiger partial charge in [0.1, 0.15) is 0 Å². The lowest BCUT2D eigenvalue weighted by molar-refractivity contribution is -0.143. The molecule has 130 valence electrons. The molecule has 0 aliphatic heterocycles. The minimum absolute atomic E-state index is 0.0454. The topological polar surface area (TPSA) is 83.8 Å². The maximum Gasteiger partial charge on any atom is 0.306 e. The summed E-state index contributed by atoms with van der Waals surface area (Å²) in [5.74, 6) is -0.487. The van der Waals surface area contributed by atoms with Gasteiger partial charge in [-0.05, 0) is 25.3 Å². The van der Waals surface area contributed by atoms with E-state index < -0.39 is 12.2 Å². The first-order valence-electron chi connectivity index (χ1n) is 8.45. The third-order valence-electron chi connectivity index (χ3n) is 3.91. The van der Waals surface area contributed by atoms with Crippen molar-refractivity contribution in [3.05, 3.63) is 23.3 Å². The maximum absolute atomic E-state index is 12.0. The van der Waals surface area contributed by atoms with Gasteiger partial charge in [0.25, 0.3) is 0 Å². The number of aliphatic hydroxyl groups is 2. The Morgan fingerprint density at radius 1 is 1.39 bits per heavy atom. The van der Waals surface area contributed by atoms with Crippen LogP contribution in [-0.4, -0.2) is 40.8 Å². The smallest absolute Gasteiger partial charge is 0.306 e. The molecule has 1 aliphatic rings. The average Bonchev–Trinajstić information content (AvgIpc) is 2.77. The number of ketones is 1. The zero-order valence-corrected chi connectivity index (χ0v) is 14.1. The Morgan fingerprint density at radius 3 is 2.78 bits per heavy atom. The van der Waals surface area contributed by atoms with Gasteiger partial charge in [-0.3, -0.25) is 9.59 Å². The van der Waals surface area contributed by atoms with Crippen LogP contribution in [0.15, 0.2) is 23.3 Å². The Kier molecular flexibility index (Phi) is 8.81. The van der Waals surface area contributed by atoms with Crippen LogP contribution in [0.4, 0.5) is 0 Å². The van der Waals surface area contributed by atoms with Crippen LogP contribution in [0.1, 0.15) is 58.8 Å². The van der Waals surface area contributed by atoms with Gasteiger partial charge >= 0.3 is 5.97 Å². The molecule has 0 saturated carbocycles. The van der Waals surface area contributed by atoms with Crippen molar-refractivity contribution in [1.29, 1.82) is 0 Å². The van der Waals surface area contributed by atoms with Crippen molar-refractivity contribution in [2.24, 2.45) is 0 Å². The lowest BCUT2D eigenvalue weighted by atomic mass is 10.0. The third kappa shape index (κ3) is 6.67. The van der Waals surface area contributed by atoms with Gasteiger partial charge in [0.15, 0.2) is 5.78 Å². The summed E-state index contributed by atoms with van der Waals surface area (Å²) in [6.45, 7) is 4.14. The molecule has 0 saturated heterocycles. The molecular weight excluding hydrogens is 296 g/mol. The molecule has 5 heteroatoms. The van der Waals surface area contributed by atoms with Gasteiger partial charge in [-0.1, -0.05) is 38.3 Å². The molecule has 5 nitrogen and oxygen atoms in total. The molecule has 0 radical (unpaired) electrons. The molecule has 0 aromatic heterocycles. The highest BCUT2D eigenvalue weighted by atomic mass is 16.5. The van der Waals surface area contributed by atoms with Gasteiger partial charge in [-0.25, -0.2) is 0 Å². The zero-order valence-electron chi connectivity index (χ0n) is 14.1. The van der Waals surface area contributed by atoms with E-state index in [-0.39, 0.29) is 31.0 Å². The molecule has 0 spiro atoms. The number of Topliss-reactive ketones (excluding diaryl/α,β-unsaturated/α-hetero) is 1. The first kappa shape index (κ1) is 19.6. The molecule has 2 atom stereocenters. The van der Waals surface area contributed by atoms with E-state index >= 15 is 0 Å². The van der Waals surface area contributed by atoms with Gasteiger partial charge in [-0.2, -0.15) is 0 Å². The second-order valence-corrected chi connectivity index (χ2v) is 5.80. The highest BCUT2D eigenvalue weighted by Crippen LogP contribution is 2.28. The molecule has 1 aliphatic carbocycles. The number of allylic oxidation sites excluding steroid dienone is 1. The normalized spacial score (nSPS) is 19.7. The van der Waals surface area contributed by atoms with Crippen molar-refractivity contribution in [2.75, 3.05) is 6.61 Å². The van der Waals surface area contributed by atoms with Crippen molar-refractivity contribution < 1.29 is 24.5 Å². The van der Waals surface area contributed by atoms with E-state index in [0.29, 0.717) is 24.2 Å². The summed E-state index contributed by atoms with van der Waals surface area (Å²) in [6.07, 6.45) is 6.03. The molecule has 2 unspecified atom stereocenters. The van der Waals surface area contributed by atoms with Crippen LogP contribution in [0, 0.1) is 0 Å². The van der Waals surface area contributed by atoms with E-state index in [1.54, 1.807) is 19.1 Å². The van der Waals surface area contributed by atoms with Gasteiger partial charge in [0.05, 0.1) is 18.8 Å². The molecule has 0 heterocycles. The first-order valence-corrected chi connectivity index (χ1v) is 8.45. The van der Waals surface area contributed by atoms with Crippen LogP contribution in [-0.2, 0) is 14.3 Å². The van der Waals surface area contributed by atoms with Crippen LogP contribution in [0.25, 0.3) is 0 Å². The van der Waals surface area contributed by atoms with E-state index in [0.717, 1.165) is 19.3 Å². The highest BCUT2D eigenvalue weighted by Gasteiger charge is 2.29. The lowest BCUT2D eigenvalue weighted by Gasteiger charge is -2.08. The zero-order chi connectivity index (χ0) is 17.2. The van der Waals surface area contributed by atoms with E-state index in [1.807, 2.05) is 0 Å². The second kappa shape index (κ2) is 10.3. The van der Waals surface area contributed by atoms with E-state index in [2.05, 4.69) is 6.92 Å². The summed E-state index contributed by atoms with van der Waals surface area (Å²) in [6, 6.07) is 0. The van der Waals surface area contributed by atoms with Crippen LogP contribution in [0.3, 0.4) is 0 Å². The summed E-state index contributed by atoms with van der Waals surface area (Å²) < 4.78 is 4.86. The van der Waals surface area contributed by atoms with Crippen LogP contribution in [0.2, 0.25) is 0 Å². The van der Waals surface area contributed by atoms with Crippen molar-refractivity contribution in [3.8, 4) is 0 Å². The van der Waals surface area contributed by atoms with Crippen molar-refractivity contribution in [2.45, 2.75) is 71.0 Å². The molecular formula is C18H28O5. The number of esters is 1. The largest absolute Gasteiger partial charge is 0.466 e. The monoisotopic (exact) mass is 324 g/mol. The molecule has 23 heavy (non-hydrogen) atoms. The predicted molar refractivity (Wildman–Crippen MR) is 87.8 cm³/mol. The van der Waals surface area contributed by atoms with Crippen LogP contribution < -0.4 is 0 Å². The van der Waals surface area contributed by atoms with Gasteiger partial charge in [0, 0.05) is 18.4 Å². The van der Waals surface area contributed by atoms with E-state index in [1.165, 1.54) is 0 Å². The number of hydrogen-bond acceptors (Lipinski definition) is 5. The maximum atomic E-state index is 12.0. The SMILES string of the molecule is CCCCCC(O)C=CC1=C(CCC(=O)OCC)C(=O)CC1O. The summed E-state index contributed by atoms with van der Waals surface area (Å²) in [5, 5.41) is 19.9. The number of unbranched alkanes of at least 4 members (excludes halogenated alkanes) is 2. The van der Waals surface area contributed by atoms with Crippen molar-refractivity contribution in [1.82, 2.24) is 0 Å². The minimum atomic E-state index is -0.848. The first-order chi connectivity index (χ1) is 11.0. The molecule has 0 aromatic carbocycles. The van der Waals surface area contributed by atoms with E-state index in [9.17, 15) is 19.8 Å². The summed E-state index contributed by atoms with van der Waals surface area (Å²) >= 11 is 0. The van der Waals surface area contributed by atoms with Gasteiger partial charge < -0.3 is 14.9 Å². The number of rotatable bonds is 10. The van der Waals surface area contributed by atoms with Crippen molar-refractivity contribution in [3.63, 3.8) is 0 Å². The number of carbonyl (C=O) groups excluding carboxylic acids is 2. The fourth-order valence-corrected chi connectivity index (χ4v) is 2.64. The second-order valence-electron chi connectivity index (χ2n) is 5.80. The summed E-state index contributed by atoms with van der Waals surface area (Å²) in [7, 11) is 0. The minimum Gasteiger partial charge on any atom is -0.466 e. The quantitative estimate of drug-likeness (QED) is 0.476. The fourth-order valence-electron chi connectivity index (χ4n) is 2.64. The Bertz CT molecular complexity index is 464. The molecule has 0 bridgehead atoms. The standard InChI is InChI=1S/C18H28O5/c1-3-5-6-7-13(19)8-9-14-15(17(21)12-16(14)20)10-11-18(22)23-4-2/h8-9,13,16,19-20H,3-7,10-12H2,1-2H3. The van der Waals surface area contributed by atoms with Crippen LogP contribution in [0.5, 0.6) is 0 Å². The van der Waals surface area contributed by atoms with Crippen LogP contribution >= 0.6 is 0 Å².